The molecule has 33 heavy (non-hydrogen) atoms. The number of nitrogens with one attached hydrogen (secondary N) is 1. The van der Waals surface area contributed by atoms with Gasteiger partial charge in [-0.3, -0.25) is 4.98 Å². The molecule has 0 unspecified atom stereocenters. The molecule has 168 valence electrons. The minimum absolute atomic E-state index is 0.830. The van der Waals surface area contributed by atoms with Crippen LogP contribution in [0.3, 0.4) is 0 Å². The molecule has 5 rings (SSSR count). The predicted octanol–water partition coefficient (Wildman–Crippen LogP) is 6.66. The standard InChI is InChI=1S/C29H30N2O2/c1-32-23-17-21(18-24(19-23)33-2)12-11-20-13-15-22(16-14-20)30-29-25-7-3-5-9-27(25)31-28-10-6-4-8-26(28)29/h3,5,7,9,13-19H,4,6,8,10-12H2,1-2H3,(H,30,31). The lowest BCUT2D eigenvalue weighted by Gasteiger charge is -2.22. The van der Waals surface area contributed by atoms with Gasteiger partial charge in [-0.05, 0) is 85.5 Å². The Morgan fingerprint density at radius 3 is 2.24 bits per heavy atom. The fourth-order valence-electron chi connectivity index (χ4n) is 4.71. The van der Waals surface area contributed by atoms with Crippen LogP contribution in [0.15, 0.2) is 66.7 Å². The number of aryl methyl sites for hydroxylation is 3. The van der Waals surface area contributed by atoms with Gasteiger partial charge >= 0.3 is 0 Å². The largest absolute Gasteiger partial charge is 0.497 e. The first-order valence-electron chi connectivity index (χ1n) is 11.7. The Balaban J connectivity index is 1.35. The Labute approximate surface area is 195 Å². The summed E-state index contributed by atoms with van der Waals surface area (Å²) in [6.07, 6.45) is 6.52. The summed E-state index contributed by atoms with van der Waals surface area (Å²) in [5.74, 6) is 1.66. The van der Waals surface area contributed by atoms with Crippen molar-refractivity contribution in [3.05, 3.63) is 89.1 Å². The molecule has 0 saturated heterocycles. The zero-order valence-corrected chi connectivity index (χ0v) is 19.4. The van der Waals surface area contributed by atoms with Gasteiger partial charge in [-0.2, -0.15) is 0 Å². The smallest absolute Gasteiger partial charge is 0.122 e. The third-order valence-corrected chi connectivity index (χ3v) is 6.51. The van der Waals surface area contributed by atoms with Crippen LogP contribution in [0.2, 0.25) is 0 Å². The average molecular weight is 439 g/mol. The average Bonchev–Trinajstić information content (AvgIpc) is 2.87. The highest BCUT2D eigenvalue weighted by Gasteiger charge is 2.18. The minimum Gasteiger partial charge on any atom is -0.497 e. The van der Waals surface area contributed by atoms with Crippen molar-refractivity contribution >= 4 is 22.3 Å². The maximum absolute atomic E-state index is 5.40. The third-order valence-electron chi connectivity index (χ3n) is 6.51. The summed E-state index contributed by atoms with van der Waals surface area (Å²) in [5, 5.41) is 4.94. The first-order chi connectivity index (χ1) is 16.2. The molecule has 3 aromatic carbocycles. The molecule has 0 bridgehead atoms. The molecular formula is C29H30N2O2. The maximum atomic E-state index is 5.40. The molecular weight excluding hydrogens is 408 g/mol. The van der Waals surface area contributed by atoms with E-state index in [2.05, 4.69) is 66.0 Å². The molecule has 0 fully saturated rings. The zero-order valence-electron chi connectivity index (χ0n) is 19.4. The van der Waals surface area contributed by atoms with Crippen molar-refractivity contribution in [1.29, 1.82) is 0 Å². The molecule has 4 heteroatoms. The molecule has 1 heterocycles. The summed E-state index contributed by atoms with van der Waals surface area (Å²) in [6, 6.07) is 23.3. The second-order valence-corrected chi connectivity index (χ2v) is 8.68. The molecule has 1 aromatic heterocycles. The monoisotopic (exact) mass is 438 g/mol. The van der Waals surface area contributed by atoms with E-state index in [0.29, 0.717) is 0 Å². The maximum Gasteiger partial charge on any atom is 0.122 e. The highest BCUT2D eigenvalue weighted by atomic mass is 16.5. The molecule has 0 saturated carbocycles. The van der Waals surface area contributed by atoms with E-state index in [9.17, 15) is 0 Å². The lowest BCUT2D eigenvalue weighted by molar-refractivity contribution is 0.393. The van der Waals surface area contributed by atoms with Gasteiger partial charge in [-0.15, -0.1) is 0 Å². The van der Waals surface area contributed by atoms with Gasteiger partial charge in [0.25, 0.3) is 0 Å². The minimum atomic E-state index is 0.830. The summed E-state index contributed by atoms with van der Waals surface area (Å²) in [4.78, 5) is 4.95. The van der Waals surface area contributed by atoms with Crippen molar-refractivity contribution in [1.82, 2.24) is 4.98 Å². The number of pyridine rings is 1. The van der Waals surface area contributed by atoms with Crippen molar-refractivity contribution in [2.75, 3.05) is 19.5 Å². The van der Waals surface area contributed by atoms with Crippen LogP contribution in [-0.4, -0.2) is 19.2 Å². The van der Waals surface area contributed by atoms with Gasteiger partial charge in [-0.25, -0.2) is 0 Å². The number of nitrogens with zero attached hydrogens (tertiary/aromatic N) is 1. The van der Waals surface area contributed by atoms with Crippen LogP contribution in [0.4, 0.5) is 11.4 Å². The highest BCUT2D eigenvalue weighted by molar-refractivity contribution is 5.95. The Morgan fingerprint density at radius 2 is 1.48 bits per heavy atom. The molecule has 0 aliphatic heterocycles. The van der Waals surface area contributed by atoms with E-state index in [1.165, 1.54) is 46.3 Å². The van der Waals surface area contributed by atoms with E-state index < -0.39 is 0 Å². The van der Waals surface area contributed by atoms with Crippen LogP contribution in [0, 0.1) is 0 Å². The molecule has 1 N–H and O–H groups in total. The van der Waals surface area contributed by atoms with Crippen molar-refractivity contribution in [3.8, 4) is 11.5 Å². The van der Waals surface area contributed by atoms with Crippen molar-refractivity contribution < 1.29 is 9.47 Å². The summed E-state index contributed by atoms with van der Waals surface area (Å²) >= 11 is 0. The fourth-order valence-corrected chi connectivity index (χ4v) is 4.71. The van der Waals surface area contributed by atoms with E-state index in [1.54, 1.807) is 14.2 Å². The van der Waals surface area contributed by atoms with E-state index in [1.807, 2.05) is 6.07 Å². The topological polar surface area (TPSA) is 43.4 Å². The summed E-state index contributed by atoms with van der Waals surface area (Å²) < 4.78 is 10.8. The summed E-state index contributed by atoms with van der Waals surface area (Å²) in [6.45, 7) is 0. The number of benzene rings is 3. The number of ether oxygens (including phenoxy) is 2. The fraction of sp³-hybridized carbons (Fsp3) is 0.276. The number of hydrogen-bond acceptors (Lipinski definition) is 4. The lowest BCUT2D eigenvalue weighted by atomic mass is 9.92. The van der Waals surface area contributed by atoms with Gasteiger partial charge in [0.1, 0.15) is 11.5 Å². The predicted molar refractivity (Wildman–Crippen MR) is 135 cm³/mol. The van der Waals surface area contributed by atoms with Crippen LogP contribution < -0.4 is 14.8 Å². The van der Waals surface area contributed by atoms with Crippen LogP contribution in [0.1, 0.15) is 35.2 Å². The second kappa shape index (κ2) is 9.53. The molecule has 0 radical (unpaired) electrons. The summed E-state index contributed by atoms with van der Waals surface area (Å²) in [7, 11) is 3.38. The number of para-hydroxylation sites is 1. The normalized spacial score (nSPS) is 12.9. The first-order valence-corrected chi connectivity index (χ1v) is 11.7. The van der Waals surface area contributed by atoms with E-state index >= 15 is 0 Å². The molecule has 4 aromatic rings. The first kappa shape index (κ1) is 21.3. The van der Waals surface area contributed by atoms with Gasteiger partial charge in [0, 0.05) is 22.8 Å². The number of aromatic nitrogens is 1. The van der Waals surface area contributed by atoms with Crippen molar-refractivity contribution in [3.63, 3.8) is 0 Å². The highest BCUT2D eigenvalue weighted by Crippen LogP contribution is 2.35. The number of anilines is 2. The van der Waals surface area contributed by atoms with Crippen LogP contribution >= 0.6 is 0 Å². The number of methoxy groups -OCH3 is 2. The molecule has 0 atom stereocenters. The molecule has 0 spiro atoms. The third kappa shape index (κ3) is 4.65. The number of hydrogen-bond donors (Lipinski definition) is 1. The van der Waals surface area contributed by atoms with Crippen molar-refractivity contribution in [2.45, 2.75) is 38.5 Å². The van der Waals surface area contributed by atoms with Gasteiger partial charge in [0.2, 0.25) is 0 Å². The zero-order chi connectivity index (χ0) is 22.6. The molecule has 4 nitrogen and oxygen atoms in total. The van der Waals surface area contributed by atoms with Crippen LogP contribution in [0.5, 0.6) is 11.5 Å². The summed E-state index contributed by atoms with van der Waals surface area (Å²) in [5.41, 5.74) is 8.58. The van der Waals surface area contributed by atoms with Gasteiger partial charge in [0.05, 0.1) is 25.4 Å². The molecule has 0 amide bonds. The van der Waals surface area contributed by atoms with E-state index in [-0.39, 0.29) is 0 Å². The number of rotatable bonds is 7. The quantitative estimate of drug-likeness (QED) is 0.350. The van der Waals surface area contributed by atoms with Gasteiger partial charge < -0.3 is 14.8 Å². The lowest BCUT2D eigenvalue weighted by Crippen LogP contribution is -2.09. The van der Waals surface area contributed by atoms with Gasteiger partial charge in [0.15, 0.2) is 0 Å². The van der Waals surface area contributed by atoms with Crippen molar-refractivity contribution in [2.24, 2.45) is 0 Å². The SMILES string of the molecule is COc1cc(CCc2ccc(Nc3c4c(nc5ccccc35)CCCC4)cc2)cc(OC)c1. The van der Waals surface area contributed by atoms with E-state index in [4.69, 9.17) is 14.5 Å². The Bertz CT molecular complexity index is 1240. The van der Waals surface area contributed by atoms with Crippen LogP contribution in [-0.2, 0) is 25.7 Å². The molecule has 1 aliphatic rings. The Kier molecular flexibility index (Phi) is 6.16. The Morgan fingerprint density at radius 1 is 0.788 bits per heavy atom. The van der Waals surface area contributed by atoms with Gasteiger partial charge in [-0.1, -0.05) is 30.3 Å². The van der Waals surface area contributed by atoms with E-state index in [0.717, 1.165) is 48.4 Å². The molecule has 1 aliphatic carbocycles. The second-order valence-electron chi connectivity index (χ2n) is 8.68. The van der Waals surface area contributed by atoms with Crippen LogP contribution in [0.25, 0.3) is 10.9 Å². The Hall–Kier alpha value is -3.53. The number of fused-ring (bicyclic) bond motifs is 2.